The minimum atomic E-state index is -4.60. The van der Waals surface area contributed by atoms with E-state index >= 15 is 0 Å². The van der Waals surface area contributed by atoms with Crippen LogP contribution in [0, 0.1) is 0 Å². The van der Waals surface area contributed by atoms with Crippen molar-refractivity contribution in [1.29, 1.82) is 0 Å². The van der Waals surface area contributed by atoms with Crippen LogP contribution in [0.4, 0.5) is 13.2 Å². The van der Waals surface area contributed by atoms with Gasteiger partial charge in [-0.3, -0.25) is 0 Å². The number of aromatic carboxylic acids is 1. The molecule has 0 saturated heterocycles. The zero-order valence-corrected chi connectivity index (χ0v) is 13.7. The fourth-order valence-electron chi connectivity index (χ4n) is 1.73. The van der Waals surface area contributed by atoms with Crippen LogP contribution >= 0.6 is 0 Å². The van der Waals surface area contributed by atoms with Gasteiger partial charge in [-0.15, -0.1) is 0 Å². The number of benzene rings is 2. The van der Waals surface area contributed by atoms with Gasteiger partial charge in [0.2, 0.25) is 0 Å². The van der Waals surface area contributed by atoms with E-state index in [9.17, 15) is 18.0 Å². The molecule has 0 heterocycles. The fourth-order valence-corrected chi connectivity index (χ4v) is 1.73. The van der Waals surface area contributed by atoms with Crippen molar-refractivity contribution in [2.75, 3.05) is 0 Å². The van der Waals surface area contributed by atoms with E-state index in [0.29, 0.717) is 6.07 Å². The summed E-state index contributed by atoms with van der Waals surface area (Å²) >= 11 is 0. The van der Waals surface area contributed by atoms with Crippen molar-refractivity contribution < 1.29 is 58.8 Å². The smallest absolute Gasteiger partial charge is 1.00 e. The molecule has 0 aromatic heterocycles. The van der Waals surface area contributed by atoms with Gasteiger partial charge in [0.05, 0.1) is 5.56 Å². The number of ether oxygens (including phenoxy) is 1. The maximum atomic E-state index is 12.6. The van der Waals surface area contributed by atoms with Gasteiger partial charge in [0.25, 0.3) is 0 Å². The minimum Gasteiger partial charge on any atom is -1.00 e. The summed E-state index contributed by atoms with van der Waals surface area (Å²) in [5.74, 6) is -1.57. The molecule has 2 aromatic carbocycles. The molecule has 0 unspecified atom stereocenters. The monoisotopic (exact) mass is 320 g/mol. The van der Waals surface area contributed by atoms with Crippen LogP contribution in [0.1, 0.15) is 22.9 Å². The predicted molar refractivity (Wildman–Crippen MR) is 70.3 cm³/mol. The number of alkyl halides is 3. The Kier molecular flexibility index (Phi) is 6.47. The molecule has 0 spiro atoms. The van der Waals surface area contributed by atoms with E-state index in [4.69, 9.17) is 9.84 Å². The molecular formula is C15H12F3NaO3. The molecule has 22 heavy (non-hydrogen) atoms. The topological polar surface area (TPSA) is 46.5 Å². The van der Waals surface area contributed by atoms with Gasteiger partial charge in [-0.2, -0.15) is 13.2 Å². The normalized spacial score (nSPS) is 10.7. The van der Waals surface area contributed by atoms with Gasteiger partial charge in [0, 0.05) is 0 Å². The Balaban J connectivity index is 0.00000242. The molecule has 0 atom stereocenters. The molecular weight excluding hydrogens is 308 g/mol. The number of carbonyl (C=O) groups is 1. The molecule has 3 nitrogen and oxygen atoms in total. The van der Waals surface area contributed by atoms with E-state index in [1.807, 2.05) is 6.07 Å². The summed E-state index contributed by atoms with van der Waals surface area (Å²) in [4.78, 5) is 11.1. The summed E-state index contributed by atoms with van der Waals surface area (Å²) in [6.07, 6.45) is -4.60. The second kappa shape index (κ2) is 7.67. The first kappa shape index (κ1) is 18.5. The summed E-state index contributed by atoms with van der Waals surface area (Å²) in [6.45, 7) is 0.0759. The van der Waals surface area contributed by atoms with Crippen LogP contribution < -0.4 is 34.3 Å². The first-order valence-corrected chi connectivity index (χ1v) is 5.99. The molecule has 1 N–H and O–H groups in total. The predicted octanol–water partition coefficient (Wildman–Crippen LogP) is 1.10. The van der Waals surface area contributed by atoms with Crippen LogP contribution in [-0.2, 0) is 12.8 Å². The van der Waals surface area contributed by atoms with Crippen molar-refractivity contribution in [2.45, 2.75) is 12.8 Å². The molecule has 0 aliphatic rings. The van der Waals surface area contributed by atoms with Crippen LogP contribution in [0.2, 0.25) is 0 Å². The summed E-state index contributed by atoms with van der Waals surface area (Å²) in [7, 11) is 0. The quantitative estimate of drug-likeness (QED) is 0.858. The molecule has 0 bridgehead atoms. The van der Waals surface area contributed by atoms with E-state index in [0.717, 1.165) is 17.7 Å². The standard InChI is InChI=1S/C15H11F3O3.Na.H/c16-15(17,18)11-6-7-13(12(8-11)14(19)20)21-9-10-4-2-1-3-5-10;;/h1-8H,9H2,(H,19,20);;/q;+1;-1. The van der Waals surface area contributed by atoms with Gasteiger partial charge >= 0.3 is 41.7 Å². The molecule has 0 amide bonds. The largest absolute Gasteiger partial charge is 1.00 e. The van der Waals surface area contributed by atoms with Gasteiger partial charge < -0.3 is 11.3 Å². The second-order valence-corrected chi connectivity index (χ2v) is 4.29. The second-order valence-electron chi connectivity index (χ2n) is 4.29. The average molecular weight is 320 g/mol. The third kappa shape index (κ3) is 4.76. The maximum absolute atomic E-state index is 12.6. The molecule has 0 fully saturated rings. The van der Waals surface area contributed by atoms with Gasteiger partial charge in [-0.1, -0.05) is 30.3 Å². The summed E-state index contributed by atoms with van der Waals surface area (Å²) in [6, 6.07) is 11.3. The Morgan fingerprint density at radius 3 is 2.32 bits per heavy atom. The minimum absolute atomic E-state index is 0. The van der Waals surface area contributed by atoms with Gasteiger partial charge in [0.15, 0.2) is 0 Å². The maximum Gasteiger partial charge on any atom is 1.00 e. The molecule has 0 aliphatic carbocycles. The summed E-state index contributed by atoms with van der Waals surface area (Å²) in [5.41, 5.74) is -0.749. The van der Waals surface area contributed by atoms with Crippen LogP contribution in [0.15, 0.2) is 48.5 Å². The SMILES string of the molecule is O=C(O)c1cc(C(F)(F)F)ccc1OCc1ccccc1.[H-].[Na+]. The summed E-state index contributed by atoms with van der Waals surface area (Å²) in [5, 5.41) is 9.01. The van der Waals surface area contributed by atoms with Crippen molar-refractivity contribution in [1.82, 2.24) is 0 Å². The number of hydrogen-bond acceptors (Lipinski definition) is 2. The number of hydrogen-bond donors (Lipinski definition) is 1. The first-order valence-electron chi connectivity index (χ1n) is 5.99. The van der Waals surface area contributed by atoms with Crippen LogP contribution in [-0.4, -0.2) is 11.1 Å². The van der Waals surface area contributed by atoms with Gasteiger partial charge in [-0.25, -0.2) is 4.79 Å². The number of rotatable bonds is 4. The van der Waals surface area contributed by atoms with E-state index in [1.165, 1.54) is 0 Å². The van der Waals surface area contributed by atoms with Gasteiger partial charge in [-0.05, 0) is 23.8 Å². The van der Waals surface area contributed by atoms with E-state index in [1.54, 1.807) is 24.3 Å². The van der Waals surface area contributed by atoms with Crippen LogP contribution in [0.5, 0.6) is 5.75 Å². The van der Waals surface area contributed by atoms with Crippen molar-refractivity contribution in [3.05, 3.63) is 65.2 Å². The zero-order valence-electron chi connectivity index (χ0n) is 12.7. The molecule has 2 aromatic rings. The van der Waals surface area contributed by atoms with Crippen molar-refractivity contribution in [3.8, 4) is 5.75 Å². The van der Waals surface area contributed by atoms with Crippen molar-refractivity contribution in [3.63, 3.8) is 0 Å². The number of halogens is 3. The fraction of sp³-hybridized carbons (Fsp3) is 0.133. The molecule has 7 heteroatoms. The van der Waals surface area contributed by atoms with E-state index < -0.39 is 23.3 Å². The van der Waals surface area contributed by atoms with Crippen molar-refractivity contribution in [2.24, 2.45) is 0 Å². The summed E-state index contributed by atoms with van der Waals surface area (Å²) < 4.78 is 43.0. The Bertz CT molecular complexity index is 648. The third-order valence-electron chi connectivity index (χ3n) is 2.77. The van der Waals surface area contributed by atoms with Crippen LogP contribution in [0.3, 0.4) is 0 Å². The molecule has 0 radical (unpaired) electrons. The van der Waals surface area contributed by atoms with Gasteiger partial charge in [0.1, 0.15) is 17.9 Å². The Morgan fingerprint density at radius 2 is 1.77 bits per heavy atom. The number of carboxylic acids is 1. The molecule has 0 aliphatic heterocycles. The molecule has 0 saturated carbocycles. The first-order chi connectivity index (χ1) is 9.88. The molecule has 112 valence electrons. The average Bonchev–Trinajstić information content (AvgIpc) is 2.45. The molecule has 2 rings (SSSR count). The Hall–Kier alpha value is -1.50. The van der Waals surface area contributed by atoms with E-state index in [-0.39, 0.29) is 43.3 Å². The Morgan fingerprint density at radius 1 is 1.14 bits per heavy atom. The zero-order chi connectivity index (χ0) is 15.5. The van der Waals surface area contributed by atoms with Crippen molar-refractivity contribution >= 4 is 5.97 Å². The Labute approximate surface area is 148 Å². The third-order valence-corrected chi connectivity index (χ3v) is 2.77. The van der Waals surface area contributed by atoms with Crippen LogP contribution in [0.25, 0.3) is 0 Å². The van der Waals surface area contributed by atoms with E-state index in [2.05, 4.69) is 0 Å². The number of carboxylic acid groups (broad SMARTS) is 1.